The molecule has 84 heavy (non-hydrogen) atoms. The minimum atomic E-state index is -1.83. The van der Waals surface area contributed by atoms with Crippen LogP contribution in [0.25, 0.3) is 0 Å². The van der Waals surface area contributed by atoms with E-state index in [1.54, 1.807) is 20.8 Å². The first-order chi connectivity index (χ1) is 39.9. The number of fused-ring (bicyclic) bond motifs is 7. The van der Waals surface area contributed by atoms with Crippen LogP contribution < -0.4 is 0 Å². The number of nitrogens with zero attached hydrogens (tertiary/aromatic N) is 2. The van der Waals surface area contributed by atoms with Crippen LogP contribution in [-0.4, -0.2) is 222 Å². The molecule has 24 heteroatoms. The van der Waals surface area contributed by atoms with E-state index >= 15 is 0 Å². The van der Waals surface area contributed by atoms with Crippen molar-refractivity contribution in [2.45, 2.75) is 253 Å². The highest BCUT2D eigenvalue weighted by Crippen LogP contribution is 2.56. The summed E-state index contributed by atoms with van der Waals surface area (Å²) in [6.07, 6.45) is -13.4. The molecule has 8 aliphatic heterocycles. The van der Waals surface area contributed by atoms with E-state index in [1.165, 1.54) is 6.07 Å². The summed E-state index contributed by atoms with van der Waals surface area (Å²) in [4.78, 5) is 58.3. The van der Waals surface area contributed by atoms with Crippen LogP contribution in [0.3, 0.4) is 0 Å². The number of phenols is 3. The molecule has 4 N–H and O–H groups in total. The molecule has 1 unspecified atom stereocenters. The number of carbonyl (C=O) groups is 4. The smallest absolute Gasteiger partial charge is 0.202 e. The Bertz CT molecular complexity index is 2870. The molecule has 0 bridgehead atoms. The van der Waals surface area contributed by atoms with Gasteiger partial charge in [-0.15, -0.1) is 0 Å². The molecule has 2 aromatic carbocycles. The van der Waals surface area contributed by atoms with E-state index in [0.717, 1.165) is 12.1 Å². The van der Waals surface area contributed by atoms with Gasteiger partial charge in [-0.1, -0.05) is 6.92 Å². The van der Waals surface area contributed by atoms with E-state index in [2.05, 4.69) is 0 Å². The topological polar surface area (TPSA) is 285 Å². The van der Waals surface area contributed by atoms with E-state index in [0.29, 0.717) is 12.8 Å². The number of hydrogen-bond donors (Lipinski definition) is 4. The third-order valence-electron chi connectivity index (χ3n) is 19.1. The van der Waals surface area contributed by atoms with Crippen molar-refractivity contribution < 1.29 is 106 Å². The van der Waals surface area contributed by atoms with E-state index in [1.807, 2.05) is 65.7 Å². The Kier molecular flexibility index (Phi) is 16.5. The van der Waals surface area contributed by atoms with Crippen molar-refractivity contribution in [3.8, 4) is 17.2 Å². The van der Waals surface area contributed by atoms with Gasteiger partial charge < -0.3 is 96.5 Å². The van der Waals surface area contributed by atoms with Crippen LogP contribution in [0.2, 0.25) is 0 Å². The Balaban J connectivity index is 0.801. The number of likely N-dealkylation sites (N-methyl/N-ethyl adjacent to an activating group) is 2. The number of rotatable bonds is 11. The van der Waals surface area contributed by atoms with E-state index in [-0.39, 0.29) is 78.9 Å². The standard InChI is InChI=1S/C60H80N2O22/c1-12-60(70)22-41(79-42-16-31(61(8)9)53(25(4)71-42)80-44-20-37-55(27(6)73-44)83-58-39(77-37)18-35(65)23(2)75-58)29-15-30-46(52(69)49-34(64)14-13-33(63)48(49)50(30)67)51(68)47(29)57(60)82-43-17-32(62(10)11)54(26(5)72-43)81-45-21-38-56(28(7)74-45)84-59-40(78-38)19-36(66)24(3)76-59/h13-15,23-28,31-32,37-45,53-59,63-64,68,70H,12,16-22H2,1-11H3/t23-,24-,25-,26-,27-,28-,31-,32-,37?,38-,39-,40-,41-,42-,43-,44-,45-,53+,54+,55+,56+,57+,58-,59-,60+/m0/s1. The Hall–Kier alpha value is -4.16. The maximum atomic E-state index is 14.6. The summed E-state index contributed by atoms with van der Waals surface area (Å²) in [5.41, 5.74) is -3.22. The molecule has 10 aliphatic rings. The minimum Gasteiger partial charge on any atom is -0.507 e. The summed E-state index contributed by atoms with van der Waals surface area (Å²) in [5, 5.41) is 47.9. The van der Waals surface area contributed by atoms with E-state index in [9.17, 15) is 39.6 Å². The van der Waals surface area contributed by atoms with E-state index in [4.69, 9.17) is 66.3 Å². The molecule has 0 aromatic heterocycles. The number of ketones is 4. The lowest BCUT2D eigenvalue weighted by atomic mass is 9.71. The second-order valence-corrected chi connectivity index (χ2v) is 25.0. The molecule has 2 aromatic rings. The monoisotopic (exact) mass is 1180 g/mol. The van der Waals surface area contributed by atoms with Gasteiger partial charge in [0.15, 0.2) is 55.1 Å². The van der Waals surface area contributed by atoms with Gasteiger partial charge in [-0.25, -0.2) is 0 Å². The molecule has 25 atom stereocenters. The van der Waals surface area contributed by atoms with Crippen LogP contribution >= 0.6 is 0 Å². The fourth-order valence-electron chi connectivity index (χ4n) is 14.4. The summed E-state index contributed by atoms with van der Waals surface area (Å²) in [6.45, 7) is 12.6. The Morgan fingerprint density at radius 1 is 0.548 bits per heavy atom. The Morgan fingerprint density at radius 3 is 1.48 bits per heavy atom. The van der Waals surface area contributed by atoms with Crippen LogP contribution in [0.5, 0.6) is 17.2 Å². The fraction of sp³-hybridized carbons (Fsp3) is 0.733. The molecule has 0 amide bonds. The van der Waals surface area contributed by atoms with Crippen LogP contribution in [-0.2, 0) is 75.9 Å². The molecule has 8 heterocycles. The number of hydrogen-bond acceptors (Lipinski definition) is 24. The first kappa shape index (κ1) is 60.1. The maximum absolute atomic E-state index is 14.6. The lowest BCUT2D eigenvalue weighted by Crippen LogP contribution is -2.62. The summed E-state index contributed by atoms with van der Waals surface area (Å²) < 4.78 is 90.8. The van der Waals surface area contributed by atoms with Crippen molar-refractivity contribution in [2.75, 3.05) is 28.2 Å². The van der Waals surface area contributed by atoms with E-state index < -0.39 is 187 Å². The highest BCUT2D eigenvalue weighted by molar-refractivity contribution is 6.31. The molecule has 2 aliphatic carbocycles. The van der Waals surface area contributed by atoms with Gasteiger partial charge in [0.2, 0.25) is 5.78 Å². The van der Waals surface area contributed by atoms with Gasteiger partial charge >= 0.3 is 0 Å². The summed E-state index contributed by atoms with van der Waals surface area (Å²) in [6, 6.07) is 2.94. The number of Topliss-reactive ketones (excluding diaryl/α,β-unsaturated/α-hetero) is 2. The molecule has 12 rings (SSSR count). The number of phenolic OH excluding ortho intramolecular Hbond substituents is 3. The molecule has 8 fully saturated rings. The molecule has 0 spiro atoms. The Morgan fingerprint density at radius 2 is 1.00 bits per heavy atom. The molecule has 0 saturated carbocycles. The summed E-state index contributed by atoms with van der Waals surface area (Å²) in [7, 11) is 7.63. The van der Waals surface area contributed by atoms with Gasteiger partial charge in [0.25, 0.3) is 0 Å². The lowest BCUT2D eigenvalue weighted by Gasteiger charge is -2.51. The average Bonchev–Trinajstić information content (AvgIpc) is 0.829. The zero-order valence-corrected chi connectivity index (χ0v) is 49.3. The fourth-order valence-corrected chi connectivity index (χ4v) is 14.4. The lowest BCUT2D eigenvalue weighted by molar-refractivity contribution is -0.372. The number of aromatic hydroxyl groups is 3. The highest BCUT2D eigenvalue weighted by Gasteiger charge is 2.57. The van der Waals surface area contributed by atoms with Crippen molar-refractivity contribution in [3.05, 3.63) is 51.6 Å². The van der Waals surface area contributed by atoms with Gasteiger partial charge in [-0.3, -0.25) is 19.2 Å². The van der Waals surface area contributed by atoms with Gasteiger partial charge in [0, 0.05) is 68.2 Å². The van der Waals surface area contributed by atoms with Crippen molar-refractivity contribution >= 4 is 23.1 Å². The summed E-state index contributed by atoms with van der Waals surface area (Å²) >= 11 is 0. The largest absolute Gasteiger partial charge is 0.507 e. The van der Waals surface area contributed by atoms with Crippen molar-refractivity contribution in [1.82, 2.24) is 9.80 Å². The van der Waals surface area contributed by atoms with Gasteiger partial charge in [-0.05, 0) is 99.9 Å². The SMILES string of the molecule is CC[C@@]1(O)C[C@H](O[C@H]2C[C@H](N(C)C)[C@H](O[C@H]3CC4O[C@H]5CC(=O)[C@H](C)O[C@H]5O[C@@H]4[C@H](C)O3)[C@H](C)O2)c2cc3c(c(O)c2[C@H]1O[C@H]1C[C@H](N(C)C)[C@H](O[C@H]2C[C@@H]4O[C@H]5CC(=O)[C@H](C)O[C@H]5O[C@@H]4[C@H](C)O2)[C@H](C)O1)C(=O)c1c(O)ccc(O)c1C3=O. The minimum absolute atomic E-state index is 0.0276. The van der Waals surface area contributed by atoms with Crippen LogP contribution in [0.4, 0.5) is 0 Å². The third kappa shape index (κ3) is 10.7. The molecular formula is C60H80N2O22. The number of benzene rings is 2. The quantitative estimate of drug-likeness (QED) is 0.196. The molecular weight excluding hydrogens is 1100 g/mol. The average molecular weight is 1180 g/mol. The highest BCUT2D eigenvalue weighted by atomic mass is 16.8. The number of ether oxygens (including phenoxy) is 14. The molecule has 8 saturated heterocycles. The normalized spacial score (nSPS) is 43.9. The Labute approximate surface area is 487 Å². The zero-order valence-electron chi connectivity index (χ0n) is 49.3. The molecule has 0 radical (unpaired) electrons. The first-order valence-corrected chi connectivity index (χ1v) is 29.7. The van der Waals surface area contributed by atoms with Gasteiger partial charge in [0.05, 0.1) is 65.0 Å². The van der Waals surface area contributed by atoms with Crippen LogP contribution in [0.1, 0.15) is 155 Å². The third-order valence-corrected chi connectivity index (χ3v) is 19.1. The zero-order chi connectivity index (χ0) is 59.7. The van der Waals surface area contributed by atoms with Crippen molar-refractivity contribution in [2.24, 2.45) is 0 Å². The molecule has 24 nitrogen and oxygen atoms in total. The van der Waals surface area contributed by atoms with Crippen LogP contribution in [0.15, 0.2) is 18.2 Å². The molecule has 462 valence electrons. The second-order valence-electron chi connectivity index (χ2n) is 25.0. The maximum Gasteiger partial charge on any atom is 0.202 e. The van der Waals surface area contributed by atoms with Gasteiger partial charge in [0.1, 0.15) is 72.2 Å². The predicted molar refractivity (Wildman–Crippen MR) is 288 cm³/mol. The van der Waals surface area contributed by atoms with Gasteiger partial charge in [-0.2, -0.15) is 0 Å². The first-order valence-electron chi connectivity index (χ1n) is 29.7. The number of aliphatic hydroxyl groups is 1. The number of carbonyl (C=O) groups excluding carboxylic acids is 4. The summed E-state index contributed by atoms with van der Waals surface area (Å²) in [5.74, 6) is -3.64. The van der Waals surface area contributed by atoms with Crippen molar-refractivity contribution in [1.29, 1.82) is 0 Å². The van der Waals surface area contributed by atoms with Crippen LogP contribution in [0, 0.1) is 0 Å². The second kappa shape index (κ2) is 23.1. The predicted octanol–water partition coefficient (Wildman–Crippen LogP) is 4.12. The van der Waals surface area contributed by atoms with Crippen molar-refractivity contribution in [3.63, 3.8) is 0 Å².